The first-order valence-corrected chi connectivity index (χ1v) is 11.7. The molecule has 11 nitrogen and oxygen atoms in total. The van der Waals surface area contributed by atoms with Crippen molar-refractivity contribution in [3.8, 4) is 0 Å². The molecule has 2 aliphatic heterocycles. The SMILES string of the molecule is C=CC(=O)N1CC[C@H](N2Cc3cnc(Nc4cnn(CCO)c4)nc3N(C)C2=O)C2CCC[C@@H]21. The first kappa shape index (κ1) is 22.3. The molecule has 0 spiro atoms. The highest BCUT2D eigenvalue weighted by Crippen LogP contribution is 2.41. The highest BCUT2D eigenvalue weighted by Gasteiger charge is 2.47. The average Bonchev–Trinajstić information content (AvgIpc) is 3.51. The lowest BCUT2D eigenvalue weighted by Gasteiger charge is -2.48. The van der Waals surface area contributed by atoms with Crippen molar-refractivity contribution in [2.45, 2.75) is 50.9 Å². The molecule has 1 saturated carbocycles. The van der Waals surface area contributed by atoms with Crippen LogP contribution in [0.25, 0.3) is 0 Å². The Kier molecular flexibility index (Phi) is 5.94. The Balaban J connectivity index is 1.34. The number of hydrogen-bond acceptors (Lipinski definition) is 7. The number of nitrogens with one attached hydrogen (secondary N) is 1. The largest absolute Gasteiger partial charge is 0.394 e. The molecule has 2 N–H and O–H groups in total. The normalized spacial score (nSPS) is 24.1. The van der Waals surface area contributed by atoms with Crippen LogP contribution in [0.4, 0.5) is 22.2 Å². The minimum absolute atomic E-state index is 0.00502. The van der Waals surface area contributed by atoms with Gasteiger partial charge in [-0.1, -0.05) is 13.0 Å². The number of aromatic nitrogens is 4. The van der Waals surface area contributed by atoms with E-state index in [1.165, 1.54) is 6.08 Å². The van der Waals surface area contributed by atoms with Crippen LogP contribution in [0.3, 0.4) is 0 Å². The lowest BCUT2D eigenvalue weighted by molar-refractivity contribution is -0.131. The number of amides is 3. The molecule has 1 saturated heterocycles. The first-order valence-electron chi connectivity index (χ1n) is 11.7. The molecule has 5 rings (SSSR count). The van der Waals surface area contributed by atoms with Crippen molar-refractivity contribution in [3.63, 3.8) is 0 Å². The molecule has 0 radical (unpaired) electrons. The minimum atomic E-state index is -0.0768. The summed E-state index contributed by atoms with van der Waals surface area (Å²) in [7, 11) is 1.74. The second-order valence-electron chi connectivity index (χ2n) is 9.11. The molecule has 4 heterocycles. The van der Waals surface area contributed by atoms with Crippen LogP contribution < -0.4 is 10.2 Å². The third-order valence-corrected chi connectivity index (χ3v) is 7.20. The molecule has 1 aliphatic carbocycles. The van der Waals surface area contributed by atoms with Gasteiger partial charge >= 0.3 is 6.03 Å². The standard InChI is InChI=1S/C23H30N8O3/c1-3-20(33)30-8-7-19(17-5-4-6-18(17)30)31-13-15-11-24-22(27-21(15)28(2)23(31)34)26-16-12-25-29(14-16)9-10-32/h3,11-12,14,17-19,32H,1,4-10,13H2,2H3,(H,24,26,27)/t17?,18-,19-/m0/s1. The van der Waals surface area contributed by atoms with Gasteiger partial charge in [-0.05, 0) is 31.3 Å². The summed E-state index contributed by atoms with van der Waals surface area (Å²) in [5.41, 5.74) is 1.59. The van der Waals surface area contributed by atoms with Crippen LogP contribution in [-0.2, 0) is 17.9 Å². The zero-order chi connectivity index (χ0) is 23.8. The van der Waals surface area contributed by atoms with Crippen molar-refractivity contribution in [3.05, 3.63) is 36.8 Å². The van der Waals surface area contributed by atoms with Crippen molar-refractivity contribution in [2.24, 2.45) is 5.92 Å². The predicted molar refractivity (Wildman–Crippen MR) is 125 cm³/mol. The van der Waals surface area contributed by atoms with E-state index < -0.39 is 0 Å². The third-order valence-electron chi connectivity index (χ3n) is 7.20. The number of carbonyl (C=O) groups is 2. The summed E-state index contributed by atoms with van der Waals surface area (Å²) in [6.07, 6.45) is 10.4. The molecular weight excluding hydrogens is 436 g/mol. The summed E-state index contributed by atoms with van der Waals surface area (Å²) in [5, 5.41) is 16.3. The van der Waals surface area contributed by atoms with E-state index >= 15 is 0 Å². The Morgan fingerprint density at radius 2 is 2.15 bits per heavy atom. The van der Waals surface area contributed by atoms with E-state index in [1.807, 2.05) is 9.80 Å². The summed E-state index contributed by atoms with van der Waals surface area (Å²) in [5.74, 6) is 1.22. The number of anilines is 3. The fourth-order valence-electron chi connectivity index (χ4n) is 5.67. The Bertz CT molecular complexity index is 1100. The molecule has 11 heteroatoms. The van der Waals surface area contributed by atoms with Gasteiger partial charge in [0.05, 0.1) is 31.6 Å². The molecular formula is C23H30N8O3. The van der Waals surface area contributed by atoms with Crippen molar-refractivity contribution in [1.29, 1.82) is 0 Å². The molecule has 1 unspecified atom stereocenters. The van der Waals surface area contributed by atoms with Crippen LogP contribution in [0.1, 0.15) is 31.2 Å². The fourth-order valence-corrected chi connectivity index (χ4v) is 5.67. The van der Waals surface area contributed by atoms with Gasteiger partial charge < -0.3 is 20.2 Å². The van der Waals surface area contributed by atoms with E-state index in [-0.39, 0.29) is 36.5 Å². The van der Waals surface area contributed by atoms with Gasteiger partial charge in [0, 0.05) is 43.6 Å². The van der Waals surface area contributed by atoms with Crippen LogP contribution >= 0.6 is 0 Å². The van der Waals surface area contributed by atoms with Crippen molar-refractivity contribution in [2.75, 3.05) is 30.4 Å². The number of urea groups is 1. The van der Waals surface area contributed by atoms with Crippen molar-refractivity contribution >= 4 is 29.4 Å². The van der Waals surface area contributed by atoms with E-state index in [4.69, 9.17) is 5.11 Å². The smallest absolute Gasteiger partial charge is 0.325 e. The zero-order valence-corrected chi connectivity index (χ0v) is 19.3. The summed E-state index contributed by atoms with van der Waals surface area (Å²) >= 11 is 0. The average molecular weight is 467 g/mol. The maximum atomic E-state index is 13.4. The lowest BCUT2D eigenvalue weighted by atomic mass is 9.85. The number of nitrogens with zero attached hydrogens (tertiary/aromatic N) is 7. The third kappa shape index (κ3) is 3.89. The van der Waals surface area contributed by atoms with Gasteiger partial charge in [-0.3, -0.25) is 14.4 Å². The Labute approximate surface area is 198 Å². The van der Waals surface area contributed by atoms with Crippen LogP contribution in [0, 0.1) is 5.92 Å². The second kappa shape index (κ2) is 9.05. The number of hydrogen-bond donors (Lipinski definition) is 2. The van der Waals surface area contributed by atoms with Gasteiger partial charge in [0.2, 0.25) is 11.9 Å². The van der Waals surface area contributed by atoms with Gasteiger partial charge in [-0.15, -0.1) is 0 Å². The summed E-state index contributed by atoms with van der Waals surface area (Å²) in [4.78, 5) is 40.3. The Morgan fingerprint density at radius 1 is 1.29 bits per heavy atom. The van der Waals surface area contributed by atoms with E-state index in [0.717, 1.165) is 31.2 Å². The molecule has 0 aromatic carbocycles. The zero-order valence-electron chi connectivity index (χ0n) is 19.3. The highest BCUT2D eigenvalue weighted by molar-refractivity contribution is 5.93. The number of rotatable bonds is 6. The highest BCUT2D eigenvalue weighted by atomic mass is 16.3. The van der Waals surface area contributed by atoms with Gasteiger partial charge in [0.15, 0.2) is 0 Å². The van der Waals surface area contributed by atoms with Crippen LogP contribution in [0.15, 0.2) is 31.2 Å². The van der Waals surface area contributed by atoms with E-state index in [1.54, 1.807) is 35.2 Å². The van der Waals surface area contributed by atoms with E-state index in [9.17, 15) is 9.59 Å². The number of piperidine rings is 1. The first-order chi connectivity index (χ1) is 16.5. The fraction of sp³-hybridized carbons (Fsp3) is 0.522. The van der Waals surface area contributed by atoms with Crippen LogP contribution in [0.5, 0.6) is 0 Å². The van der Waals surface area contributed by atoms with Crippen LogP contribution in [0.2, 0.25) is 0 Å². The van der Waals surface area contributed by atoms with Crippen LogP contribution in [-0.4, -0.2) is 78.9 Å². The number of carbonyl (C=O) groups excluding carboxylic acids is 2. The molecule has 0 bridgehead atoms. The molecule has 3 aliphatic rings. The number of aliphatic hydroxyl groups excluding tert-OH is 1. The topological polar surface area (TPSA) is 120 Å². The number of aliphatic hydroxyl groups is 1. The summed E-state index contributed by atoms with van der Waals surface area (Å²) in [6, 6.07) is 0.171. The maximum Gasteiger partial charge on any atom is 0.325 e. The number of fused-ring (bicyclic) bond motifs is 2. The van der Waals surface area contributed by atoms with Gasteiger partial charge in [0.1, 0.15) is 5.82 Å². The molecule has 2 aromatic rings. The summed E-state index contributed by atoms with van der Waals surface area (Å²) in [6.45, 7) is 5.16. The monoisotopic (exact) mass is 466 g/mol. The van der Waals surface area contributed by atoms with E-state index in [0.29, 0.717) is 37.1 Å². The molecule has 180 valence electrons. The Morgan fingerprint density at radius 3 is 2.94 bits per heavy atom. The maximum absolute atomic E-state index is 13.4. The van der Waals surface area contributed by atoms with Gasteiger partial charge in [0.25, 0.3) is 0 Å². The molecule has 2 fully saturated rings. The van der Waals surface area contributed by atoms with Crippen molar-refractivity contribution in [1.82, 2.24) is 29.5 Å². The van der Waals surface area contributed by atoms with Gasteiger partial charge in [-0.2, -0.15) is 10.1 Å². The molecule has 3 amide bonds. The quantitative estimate of drug-likeness (QED) is 0.622. The predicted octanol–water partition coefficient (Wildman–Crippen LogP) is 1.74. The summed E-state index contributed by atoms with van der Waals surface area (Å²) < 4.78 is 1.62. The minimum Gasteiger partial charge on any atom is -0.394 e. The van der Waals surface area contributed by atoms with E-state index in [2.05, 4.69) is 27.0 Å². The second-order valence-corrected chi connectivity index (χ2v) is 9.11. The molecule has 2 aromatic heterocycles. The van der Waals surface area contributed by atoms with Crippen molar-refractivity contribution < 1.29 is 14.7 Å². The van der Waals surface area contributed by atoms with Gasteiger partial charge in [-0.25, -0.2) is 9.78 Å². The molecule has 34 heavy (non-hydrogen) atoms. The lowest BCUT2D eigenvalue weighted by Crippen LogP contribution is -2.59. The molecule has 3 atom stereocenters. The number of likely N-dealkylation sites (tertiary alicyclic amines) is 1. The Hall–Kier alpha value is -3.47.